The Kier molecular flexibility index (Phi) is 3.22. The Balaban J connectivity index is 2.27. The van der Waals surface area contributed by atoms with Gasteiger partial charge in [-0.2, -0.15) is 0 Å². The third-order valence-electron chi connectivity index (χ3n) is 3.36. The minimum atomic E-state index is -0.290. The fourth-order valence-corrected chi connectivity index (χ4v) is 2.40. The van der Waals surface area contributed by atoms with Crippen molar-refractivity contribution in [2.45, 2.75) is 32.2 Å². The molecule has 0 bridgehead atoms. The van der Waals surface area contributed by atoms with Crippen LogP contribution < -0.4 is 10.6 Å². The number of phenolic OH excluding ortho intramolecular Hbond substituents is 1. The van der Waals surface area contributed by atoms with E-state index in [9.17, 15) is 9.90 Å². The van der Waals surface area contributed by atoms with Crippen LogP contribution in [0.5, 0.6) is 5.75 Å². The SMILES string of the molecule is CCc1ccc(N2CCCC2C(N)=O)cc1O. The molecule has 1 atom stereocenters. The lowest BCUT2D eigenvalue weighted by molar-refractivity contribution is -0.119. The summed E-state index contributed by atoms with van der Waals surface area (Å²) < 4.78 is 0. The molecule has 0 aliphatic carbocycles. The first-order chi connectivity index (χ1) is 8.13. The van der Waals surface area contributed by atoms with Crippen molar-refractivity contribution in [1.29, 1.82) is 0 Å². The molecule has 0 aromatic heterocycles. The van der Waals surface area contributed by atoms with Crippen molar-refractivity contribution in [3.8, 4) is 5.75 Å². The van der Waals surface area contributed by atoms with Gasteiger partial charge in [-0.3, -0.25) is 4.79 Å². The largest absolute Gasteiger partial charge is 0.508 e. The van der Waals surface area contributed by atoms with E-state index in [0.29, 0.717) is 5.75 Å². The van der Waals surface area contributed by atoms with E-state index in [1.165, 1.54) is 0 Å². The average molecular weight is 234 g/mol. The van der Waals surface area contributed by atoms with Crippen LogP contribution in [0.4, 0.5) is 5.69 Å². The van der Waals surface area contributed by atoms with E-state index in [2.05, 4.69) is 0 Å². The van der Waals surface area contributed by atoms with Crippen LogP contribution in [0.25, 0.3) is 0 Å². The van der Waals surface area contributed by atoms with Gasteiger partial charge >= 0.3 is 0 Å². The van der Waals surface area contributed by atoms with E-state index in [0.717, 1.165) is 37.1 Å². The quantitative estimate of drug-likeness (QED) is 0.831. The molecule has 3 N–H and O–H groups in total. The third-order valence-corrected chi connectivity index (χ3v) is 3.36. The second-order valence-corrected chi connectivity index (χ2v) is 4.42. The molecule has 0 spiro atoms. The van der Waals surface area contributed by atoms with Crippen molar-refractivity contribution in [2.75, 3.05) is 11.4 Å². The zero-order chi connectivity index (χ0) is 12.4. The number of hydrogen-bond acceptors (Lipinski definition) is 3. The molecule has 1 aliphatic heterocycles. The van der Waals surface area contributed by atoms with Crippen LogP contribution in [0.2, 0.25) is 0 Å². The van der Waals surface area contributed by atoms with E-state index in [1.54, 1.807) is 6.07 Å². The molecule has 1 amide bonds. The molecule has 1 aromatic carbocycles. The van der Waals surface area contributed by atoms with Crippen LogP contribution in [0.1, 0.15) is 25.3 Å². The van der Waals surface area contributed by atoms with Crippen LogP contribution in [0.15, 0.2) is 18.2 Å². The Morgan fingerprint density at radius 1 is 1.59 bits per heavy atom. The molecule has 2 rings (SSSR count). The van der Waals surface area contributed by atoms with Gasteiger partial charge < -0.3 is 15.7 Å². The number of nitrogens with two attached hydrogens (primary N) is 1. The molecular weight excluding hydrogens is 216 g/mol. The zero-order valence-corrected chi connectivity index (χ0v) is 10.0. The third kappa shape index (κ3) is 2.20. The number of amides is 1. The van der Waals surface area contributed by atoms with Gasteiger partial charge in [0.25, 0.3) is 0 Å². The molecule has 1 saturated heterocycles. The van der Waals surface area contributed by atoms with Gasteiger partial charge in [0.05, 0.1) is 0 Å². The highest BCUT2D eigenvalue weighted by Crippen LogP contribution is 2.30. The van der Waals surface area contributed by atoms with Gasteiger partial charge in [0, 0.05) is 18.3 Å². The molecule has 1 unspecified atom stereocenters. The number of rotatable bonds is 3. The van der Waals surface area contributed by atoms with E-state index >= 15 is 0 Å². The Morgan fingerprint density at radius 3 is 2.94 bits per heavy atom. The molecule has 4 heteroatoms. The summed E-state index contributed by atoms with van der Waals surface area (Å²) in [6.45, 7) is 2.81. The summed E-state index contributed by atoms with van der Waals surface area (Å²) in [6, 6.07) is 5.34. The Bertz CT molecular complexity index is 431. The molecule has 0 radical (unpaired) electrons. The molecule has 1 heterocycles. The lowest BCUT2D eigenvalue weighted by atomic mass is 10.1. The lowest BCUT2D eigenvalue weighted by Crippen LogP contribution is -2.40. The van der Waals surface area contributed by atoms with Gasteiger partial charge in [-0.1, -0.05) is 13.0 Å². The molecule has 0 saturated carbocycles. The highest BCUT2D eigenvalue weighted by atomic mass is 16.3. The number of aryl methyl sites for hydroxylation is 1. The Hall–Kier alpha value is -1.71. The van der Waals surface area contributed by atoms with Crippen LogP contribution in [0.3, 0.4) is 0 Å². The van der Waals surface area contributed by atoms with Crippen molar-refractivity contribution >= 4 is 11.6 Å². The van der Waals surface area contributed by atoms with Gasteiger partial charge in [0.2, 0.25) is 5.91 Å². The van der Waals surface area contributed by atoms with Crippen molar-refractivity contribution < 1.29 is 9.90 Å². The topological polar surface area (TPSA) is 66.6 Å². The molecule has 1 fully saturated rings. The van der Waals surface area contributed by atoms with Crippen LogP contribution in [0, 0.1) is 0 Å². The Morgan fingerprint density at radius 2 is 2.35 bits per heavy atom. The first-order valence-electron chi connectivity index (χ1n) is 6.01. The predicted molar refractivity (Wildman–Crippen MR) is 67.0 cm³/mol. The molecular formula is C13H18N2O2. The van der Waals surface area contributed by atoms with E-state index in [4.69, 9.17) is 5.73 Å². The van der Waals surface area contributed by atoms with Crippen molar-refractivity contribution in [3.63, 3.8) is 0 Å². The average Bonchev–Trinajstić information content (AvgIpc) is 2.77. The van der Waals surface area contributed by atoms with E-state index < -0.39 is 0 Å². The zero-order valence-electron chi connectivity index (χ0n) is 10.0. The summed E-state index contributed by atoms with van der Waals surface area (Å²) >= 11 is 0. The van der Waals surface area contributed by atoms with Gasteiger partial charge in [-0.15, -0.1) is 0 Å². The molecule has 1 aliphatic rings. The smallest absolute Gasteiger partial charge is 0.240 e. The maximum Gasteiger partial charge on any atom is 0.240 e. The number of carbonyl (C=O) groups is 1. The second kappa shape index (κ2) is 4.65. The highest BCUT2D eigenvalue weighted by Gasteiger charge is 2.29. The van der Waals surface area contributed by atoms with Crippen molar-refractivity contribution in [2.24, 2.45) is 5.73 Å². The van der Waals surface area contributed by atoms with Gasteiger partial charge in [-0.05, 0) is 30.9 Å². The summed E-state index contributed by atoms with van der Waals surface area (Å²) in [5.41, 5.74) is 7.17. The number of hydrogen-bond donors (Lipinski definition) is 2. The minimum absolute atomic E-state index is 0.234. The monoisotopic (exact) mass is 234 g/mol. The van der Waals surface area contributed by atoms with E-state index in [1.807, 2.05) is 24.0 Å². The van der Waals surface area contributed by atoms with Crippen LogP contribution in [-0.4, -0.2) is 23.6 Å². The van der Waals surface area contributed by atoms with Gasteiger partial charge in [0.15, 0.2) is 0 Å². The maximum atomic E-state index is 11.3. The standard InChI is InChI=1S/C13H18N2O2/c1-2-9-5-6-10(8-12(9)16)15-7-3-4-11(15)13(14)17/h5-6,8,11,16H,2-4,7H2,1H3,(H2,14,17). The highest BCUT2D eigenvalue weighted by molar-refractivity contribution is 5.84. The number of primary amides is 1. The number of phenols is 1. The normalized spacial score (nSPS) is 19.6. The Labute approximate surface area is 101 Å². The number of nitrogens with zero attached hydrogens (tertiary/aromatic N) is 1. The van der Waals surface area contributed by atoms with Gasteiger partial charge in [-0.25, -0.2) is 0 Å². The number of aromatic hydroxyl groups is 1. The molecule has 17 heavy (non-hydrogen) atoms. The molecule has 4 nitrogen and oxygen atoms in total. The fourth-order valence-electron chi connectivity index (χ4n) is 2.40. The van der Waals surface area contributed by atoms with Crippen LogP contribution >= 0.6 is 0 Å². The van der Waals surface area contributed by atoms with Crippen molar-refractivity contribution in [3.05, 3.63) is 23.8 Å². The first-order valence-corrected chi connectivity index (χ1v) is 6.01. The number of anilines is 1. The molecule has 1 aromatic rings. The second-order valence-electron chi connectivity index (χ2n) is 4.42. The summed E-state index contributed by atoms with van der Waals surface area (Å²) in [5.74, 6) is 0.00155. The van der Waals surface area contributed by atoms with Crippen molar-refractivity contribution in [1.82, 2.24) is 0 Å². The fraction of sp³-hybridized carbons (Fsp3) is 0.462. The summed E-state index contributed by atoms with van der Waals surface area (Å²) in [6.07, 6.45) is 2.56. The maximum absolute atomic E-state index is 11.3. The number of carbonyl (C=O) groups excluding carboxylic acids is 1. The van der Waals surface area contributed by atoms with Gasteiger partial charge in [0.1, 0.15) is 11.8 Å². The predicted octanol–water partition coefficient (Wildman–Crippen LogP) is 1.41. The summed E-state index contributed by atoms with van der Waals surface area (Å²) in [5, 5.41) is 9.83. The van der Waals surface area contributed by atoms with Crippen LogP contribution in [-0.2, 0) is 11.2 Å². The summed E-state index contributed by atoms with van der Waals surface area (Å²) in [4.78, 5) is 13.3. The lowest BCUT2D eigenvalue weighted by Gasteiger charge is -2.24. The summed E-state index contributed by atoms with van der Waals surface area (Å²) in [7, 11) is 0. The van der Waals surface area contributed by atoms with E-state index in [-0.39, 0.29) is 11.9 Å². The minimum Gasteiger partial charge on any atom is -0.508 e. The first kappa shape index (κ1) is 11.8. The number of benzene rings is 1. The molecule has 92 valence electrons.